The predicted octanol–water partition coefficient (Wildman–Crippen LogP) is 0.879. The summed E-state index contributed by atoms with van der Waals surface area (Å²) in [7, 11) is -4.09. The van der Waals surface area contributed by atoms with Crippen molar-refractivity contribution in [1.82, 2.24) is 10.0 Å². The highest BCUT2D eigenvalue weighted by Gasteiger charge is 2.27. The summed E-state index contributed by atoms with van der Waals surface area (Å²) >= 11 is 0. The lowest BCUT2D eigenvalue weighted by molar-refractivity contribution is -0.123. The fraction of sp³-hybridized carbons (Fsp3) is 0.533. The molecule has 0 radical (unpaired) electrons. The van der Waals surface area contributed by atoms with Crippen LogP contribution in [0.25, 0.3) is 0 Å². The Morgan fingerprint density at radius 1 is 1.26 bits per heavy atom. The quantitative estimate of drug-likeness (QED) is 0.738. The van der Waals surface area contributed by atoms with Gasteiger partial charge < -0.3 is 11.1 Å². The van der Waals surface area contributed by atoms with E-state index in [-0.39, 0.29) is 12.1 Å². The van der Waals surface area contributed by atoms with Crippen molar-refractivity contribution in [2.45, 2.75) is 55.6 Å². The highest BCUT2D eigenvalue weighted by molar-refractivity contribution is 7.89. The molecule has 0 aromatic heterocycles. The van der Waals surface area contributed by atoms with Gasteiger partial charge in [0.1, 0.15) is 10.7 Å². The second-order valence-corrected chi connectivity index (χ2v) is 7.58. The lowest BCUT2D eigenvalue weighted by atomic mass is 9.92. The standard InChI is InChI=1S/C15H22FN3O3S/c1-10(15(20)18-12-8-6-11(17)7-9-12)19-23(21,22)14-5-3-2-4-13(14)16/h2-5,10-12,19H,6-9,17H2,1H3,(H,18,20). The number of carbonyl (C=O) groups excluding carboxylic acids is 1. The van der Waals surface area contributed by atoms with Crippen LogP contribution in [0.4, 0.5) is 4.39 Å². The van der Waals surface area contributed by atoms with Crippen molar-refractivity contribution in [3.8, 4) is 0 Å². The third kappa shape index (κ3) is 4.73. The van der Waals surface area contributed by atoms with Crippen molar-refractivity contribution in [1.29, 1.82) is 0 Å². The van der Waals surface area contributed by atoms with Crippen LogP contribution in [0.15, 0.2) is 29.2 Å². The number of nitrogens with two attached hydrogens (primary N) is 1. The van der Waals surface area contributed by atoms with Gasteiger partial charge in [-0.05, 0) is 44.7 Å². The largest absolute Gasteiger partial charge is 0.352 e. The summed E-state index contributed by atoms with van der Waals surface area (Å²) in [6, 6.07) is 4.22. The maximum atomic E-state index is 13.6. The number of carbonyl (C=O) groups is 1. The molecule has 4 N–H and O–H groups in total. The Morgan fingerprint density at radius 2 is 1.87 bits per heavy atom. The first-order valence-corrected chi connectivity index (χ1v) is 9.10. The van der Waals surface area contributed by atoms with Gasteiger partial charge in [-0.15, -0.1) is 0 Å². The number of benzene rings is 1. The molecule has 1 unspecified atom stereocenters. The van der Waals surface area contributed by atoms with E-state index in [9.17, 15) is 17.6 Å². The molecule has 1 aromatic rings. The van der Waals surface area contributed by atoms with E-state index in [2.05, 4.69) is 10.0 Å². The number of nitrogens with one attached hydrogen (secondary N) is 2. The van der Waals surface area contributed by atoms with Crippen molar-refractivity contribution in [3.63, 3.8) is 0 Å². The third-order valence-electron chi connectivity index (χ3n) is 3.97. The van der Waals surface area contributed by atoms with E-state index in [4.69, 9.17) is 5.73 Å². The summed E-state index contributed by atoms with van der Waals surface area (Å²) in [5, 5.41) is 2.81. The molecule has 1 amide bonds. The molecule has 0 aliphatic heterocycles. The van der Waals surface area contributed by atoms with Crippen LogP contribution in [-0.2, 0) is 14.8 Å². The molecular formula is C15H22FN3O3S. The molecule has 0 bridgehead atoms. The first-order chi connectivity index (χ1) is 10.8. The van der Waals surface area contributed by atoms with E-state index in [1.807, 2.05) is 0 Å². The highest BCUT2D eigenvalue weighted by Crippen LogP contribution is 2.17. The molecule has 0 spiro atoms. The molecule has 1 atom stereocenters. The molecule has 128 valence electrons. The minimum atomic E-state index is -4.09. The van der Waals surface area contributed by atoms with Gasteiger partial charge in [0.15, 0.2) is 0 Å². The normalized spacial score (nSPS) is 23.3. The van der Waals surface area contributed by atoms with Gasteiger partial charge in [-0.2, -0.15) is 4.72 Å². The molecule has 8 heteroatoms. The average Bonchev–Trinajstić information content (AvgIpc) is 2.49. The van der Waals surface area contributed by atoms with Crippen molar-refractivity contribution < 1.29 is 17.6 Å². The van der Waals surface area contributed by atoms with Crippen LogP contribution >= 0.6 is 0 Å². The molecule has 6 nitrogen and oxygen atoms in total. The maximum absolute atomic E-state index is 13.6. The van der Waals surface area contributed by atoms with Gasteiger partial charge in [-0.25, -0.2) is 12.8 Å². The molecule has 1 aliphatic rings. The Kier molecular flexibility index (Phi) is 5.72. The second-order valence-electron chi connectivity index (χ2n) is 5.89. The Labute approximate surface area is 135 Å². The van der Waals surface area contributed by atoms with Gasteiger partial charge in [0.25, 0.3) is 0 Å². The molecule has 1 fully saturated rings. The molecule has 0 saturated heterocycles. The number of hydrogen-bond acceptors (Lipinski definition) is 4. The van der Waals surface area contributed by atoms with Gasteiger partial charge in [-0.3, -0.25) is 4.79 Å². The van der Waals surface area contributed by atoms with Crippen LogP contribution in [0, 0.1) is 5.82 Å². The summed E-state index contributed by atoms with van der Waals surface area (Å²) in [4.78, 5) is 11.7. The lowest BCUT2D eigenvalue weighted by Crippen LogP contribution is -2.49. The van der Waals surface area contributed by atoms with Crippen LogP contribution in [0.3, 0.4) is 0 Å². The zero-order valence-electron chi connectivity index (χ0n) is 13.0. The predicted molar refractivity (Wildman–Crippen MR) is 84.6 cm³/mol. The fourth-order valence-corrected chi connectivity index (χ4v) is 3.88. The van der Waals surface area contributed by atoms with Crippen molar-refractivity contribution in [2.24, 2.45) is 5.73 Å². The number of hydrogen-bond donors (Lipinski definition) is 3. The smallest absolute Gasteiger partial charge is 0.244 e. The van der Waals surface area contributed by atoms with Crippen LogP contribution in [0.1, 0.15) is 32.6 Å². The molecule has 2 rings (SSSR count). The minimum Gasteiger partial charge on any atom is -0.352 e. The third-order valence-corrected chi connectivity index (χ3v) is 5.54. The van der Waals surface area contributed by atoms with Crippen LogP contribution in [-0.4, -0.2) is 32.5 Å². The molecule has 23 heavy (non-hydrogen) atoms. The Bertz CT molecular complexity index is 658. The van der Waals surface area contributed by atoms with Gasteiger partial charge >= 0.3 is 0 Å². The SMILES string of the molecule is CC(NS(=O)(=O)c1ccccc1F)C(=O)NC1CCC(N)CC1. The summed E-state index contributed by atoms with van der Waals surface area (Å²) in [6.45, 7) is 1.43. The first kappa shape index (κ1) is 17.8. The average molecular weight is 343 g/mol. The number of sulfonamides is 1. The van der Waals surface area contributed by atoms with E-state index in [1.54, 1.807) is 0 Å². The number of halogens is 1. The van der Waals surface area contributed by atoms with Crippen molar-refractivity contribution in [3.05, 3.63) is 30.1 Å². The Hall–Kier alpha value is -1.51. The fourth-order valence-electron chi connectivity index (χ4n) is 2.60. The monoisotopic (exact) mass is 343 g/mol. The van der Waals surface area contributed by atoms with Gasteiger partial charge in [0.2, 0.25) is 15.9 Å². The van der Waals surface area contributed by atoms with Gasteiger partial charge in [-0.1, -0.05) is 12.1 Å². The van der Waals surface area contributed by atoms with Gasteiger partial charge in [0, 0.05) is 12.1 Å². The zero-order chi connectivity index (χ0) is 17.0. The van der Waals surface area contributed by atoms with E-state index < -0.39 is 32.7 Å². The summed E-state index contributed by atoms with van der Waals surface area (Å²) in [5.74, 6) is -1.28. The van der Waals surface area contributed by atoms with Gasteiger partial charge in [0.05, 0.1) is 6.04 Å². The first-order valence-electron chi connectivity index (χ1n) is 7.62. The van der Waals surface area contributed by atoms with E-state index in [0.717, 1.165) is 37.8 Å². The number of rotatable bonds is 5. The summed E-state index contributed by atoms with van der Waals surface area (Å²) < 4.78 is 40.1. The zero-order valence-corrected chi connectivity index (χ0v) is 13.8. The van der Waals surface area contributed by atoms with Crippen LogP contribution in [0.5, 0.6) is 0 Å². The van der Waals surface area contributed by atoms with Crippen molar-refractivity contribution in [2.75, 3.05) is 0 Å². The van der Waals surface area contributed by atoms with E-state index in [1.165, 1.54) is 19.1 Å². The maximum Gasteiger partial charge on any atom is 0.244 e. The molecule has 1 aromatic carbocycles. The van der Waals surface area contributed by atoms with Crippen LogP contribution < -0.4 is 15.8 Å². The Morgan fingerprint density at radius 3 is 2.48 bits per heavy atom. The van der Waals surface area contributed by atoms with E-state index >= 15 is 0 Å². The van der Waals surface area contributed by atoms with E-state index in [0.29, 0.717) is 0 Å². The van der Waals surface area contributed by atoms with Crippen LogP contribution in [0.2, 0.25) is 0 Å². The molecule has 1 aliphatic carbocycles. The second kappa shape index (κ2) is 7.37. The topological polar surface area (TPSA) is 101 Å². The van der Waals surface area contributed by atoms with Crippen molar-refractivity contribution >= 4 is 15.9 Å². The Balaban J connectivity index is 1.96. The summed E-state index contributed by atoms with van der Waals surface area (Å²) in [6.07, 6.45) is 3.22. The molecule has 1 saturated carbocycles. The minimum absolute atomic E-state index is 0.00251. The molecular weight excluding hydrogens is 321 g/mol. The highest BCUT2D eigenvalue weighted by atomic mass is 32.2. The molecule has 0 heterocycles. The lowest BCUT2D eigenvalue weighted by Gasteiger charge is -2.28. The number of amides is 1. The summed E-state index contributed by atoms with van der Waals surface area (Å²) in [5.41, 5.74) is 5.81.